The smallest absolute Gasteiger partial charge is 0.246 e. The quantitative estimate of drug-likeness (QED) is 0.835. The van der Waals surface area contributed by atoms with Crippen molar-refractivity contribution in [1.29, 1.82) is 5.26 Å². The van der Waals surface area contributed by atoms with Crippen molar-refractivity contribution in [2.75, 3.05) is 31.1 Å². The molecule has 3 aliphatic rings. The highest BCUT2D eigenvalue weighted by Crippen LogP contribution is 2.41. The maximum absolute atomic E-state index is 14.0. The molecule has 1 N–H and O–H groups in total. The number of hydrogen-bond donors (Lipinski definition) is 1. The van der Waals surface area contributed by atoms with E-state index in [1.54, 1.807) is 12.1 Å². The number of aliphatic imine (C=N–C) groups is 1. The molecule has 0 aromatic heterocycles. The summed E-state index contributed by atoms with van der Waals surface area (Å²) in [5, 5.41) is 12.3. The van der Waals surface area contributed by atoms with Crippen LogP contribution in [0.15, 0.2) is 29.3 Å². The van der Waals surface area contributed by atoms with Crippen LogP contribution in [0.3, 0.4) is 0 Å². The Hall–Kier alpha value is -2.62. The molecule has 1 saturated heterocycles. The van der Waals surface area contributed by atoms with Gasteiger partial charge >= 0.3 is 0 Å². The largest absolute Gasteiger partial charge is 0.366 e. The predicted molar refractivity (Wildman–Crippen MR) is 96.1 cm³/mol. The van der Waals surface area contributed by atoms with Gasteiger partial charge in [-0.15, -0.1) is 0 Å². The first kappa shape index (κ1) is 16.8. The van der Waals surface area contributed by atoms with Crippen molar-refractivity contribution in [2.45, 2.75) is 31.2 Å². The van der Waals surface area contributed by atoms with Crippen LogP contribution in [0.1, 0.15) is 25.7 Å². The number of benzene rings is 1. The van der Waals surface area contributed by atoms with Crippen molar-refractivity contribution in [2.24, 2.45) is 10.9 Å². The molecule has 1 spiro atoms. The van der Waals surface area contributed by atoms with Crippen LogP contribution in [0.25, 0.3) is 0 Å². The van der Waals surface area contributed by atoms with E-state index in [-0.39, 0.29) is 11.7 Å². The molecule has 7 heteroatoms. The lowest BCUT2D eigenvalue weighted by atomic mass is 9.82. The van der Waals surface area contributed by atoms with Crippen molar-refractivity contribution < 1.29 is 9.18 Å². The predicted octanol–water partition coefficient (Wildman–Crippen LogP) is 1.89. The van der Waals surface area contributed by atoms with Crippen LogP contribution in [0.2, 0.25) is 0 Å². The summed E-state index contributed by atoms with van der Waals surface area (Å²) in [7, 11) is 0. The van der Waals surface area contributed by atoms with Gasteiger partial charge in [-0.25, -0.2) is 9.38 Å². The van der Waals surface area contributed by atoms with Gasteiger partial charge in [-0.3, -0.25) is 10.1 Å². The maximum Gasteiger partial charge on any atom is 0.246 e. The number of para-hydroxylation sites is 1. The van der Waals surface area contributed by atoms with E-state index in [1.165, 1.54) is 6.07 Å². The monoisotopic (exact) mass is 355 g/mol. The van der Waals surface area contributed by atoms with E-state index in [2.05, 4.69) is 11.4 Å². The maximum atomic E-state index is 14.0. The Labute approximate surface area is 152 Å². The molecule has 1 aromatic carbocycles. The molecule has 2 heterocycles. The second-order valence-corrected chi connectivity index (χ2v) is 7.22. The number of hydrogen-bond acceptors (Lipinski definition) is 5. The fourth-order valence-electron chi connectivity index (χ4n) is 4.31. The van der Waals surface area contributed by atoms with Crippen LogP contribution in [0.5, 0.6) is 0 Å². The van der Waals surface area contributed by atoms with Crippen LogP contribution in [0, 0.1) is 23.1 Å². The van der Waals surface area contributed by atoms with Gasteiger partial charge in [0.15, 0.2) is 5.92 Å². The number of nitrogens with one attached hydrogen (secondary N) is 1. The number of halogens is 1. The van der Waals surface area contributed by atoms with Crippen molar-refractivity contribution in [3.63, 3.8) is 0 Å². The normalized spacial score (nSPS) is 25.0. The summed E-state index contributed by atoms with van der Waals surface area (Å²) in [5.41, 5.74) is 0.0494. The van der Waals surface area contributed by atoms with Gasteiger partial charge in [-0.05, 0) is 25.0 Å². The molecular weight excluding hydrogens is 333 g/mol. The molecule has 4 rings (SSSR count). The Morgan fingerprint density at radius 3 is 2.46 bits per heavy atom. The van der Waals surface area contributed by atoms with Crippen LogP contribution >= 0.6 is 0 Å². The molecule has 1 amide bonds. The van der Waals surface area contributed by atoms with Gasteiger partial charge in [-0.2, -0.15) is 5.26 Å². The molecule has 0 unspecified atom stereocenters. The van der Waals surface area contributed by atoms with Crippen LogP contribution < -0.4 is 10.2 Å². The van der Waals surface area contributed by atoms with Gasteiger partial charge in [0, 0.05) is 26.2 Å². The minimum Gasteiger partial charge on any atom is -0.366 e. The summed E-state index contributed by atoms with van der Waals surface area (Å²) >= 11 is 0. The number of piperazine rings is 1. The fourth-order valence-corrected chi connectivity index (χ4v) is 4.31. The van der Waals surface area contributed by atoms with E-state index in [0.717, 1.165) is 25.7 Å². The molecule has 136 valence electrons. The van der Waals surface area contributed by atoms with Crippen molar-refractivity contribution in [1.82, 2.24) is 10.2 Å². The highest BCUT2D eigenvalue weighted by molar-refractivity contribution is 6.02. The molecule has 1 saturated carbocycles. The summed E-state index contributed by atoms with van der Waals surface area (Å²) in [5.74, 6) is -0.577. The summed E-state index contributed by atoms with van der Waals surface area (Å²) in [6.45, 7) is 2.62. The Morgan fingerprint density at radius 2 is 1.81 bits per heavy atom. The lowest BCUT2D eigenvalue weighted by molar-refractivity contribution is -0.124. The molecule has 0 bridgehead atoms. The Balaban J connectivity index is 1.51. The summed E-state index contributed by atoms with van der Waals surface area (Å²) in [4.78, 5) is 21.4. The van der Waals surface area contributed by atoms with E-state index < -0.39 is 11.5 Å². The number of anilines is 1. The van der Waals surface area contributed by atoms with E-state index in [9.17, 15) is 14.4 Å². The number of rotatable bonds is 1. The van der Waals surface area contributed by atoms with Crippen molar-refractivity contribution in [3.8, 4) is 6.07 Å². The number of amides is 1. The van der Waals surface area contributed by atoms with Gasteiger partial charge in [0.1, 0.15) is 5.82 Å². The number of guanidine groups is 1. The Morgan fingerprint density at radius 1 is 1.15 bits per heavy atom. The van der Waals surface area contributed by atoms with E-state index in [0.29, 0.717) is 37.8 Å². The fraction of sp³-hybridized carbons (Fsp3) is 0.526. The Kier molecular flexibility index (Phi) is 4.27. The second kappa shape index (κ2) is 6.60. The molecule has 0 radical (unpaired) electrons. The minimum atomic E-state index is -0.701. The molecule has 6 nitrogen and oxygen atoms in total. The lowest BCUT2D eigenvalue weighted by Gasteiger charge is -2.41. The van der Waals surface area contributed by atoms with Gasteiger partial charge in [-0.1, -0.05) is 25.0 Å². The zero-order chi connectivity index (χ0) is 18.1. The zero-order valence-corrected chi connectivity index (χ0v) is 14.6. The highest BCUT2D eigenvalue weighted by Gasteiger charge is 2.49. The zero-order valence-electron chi connectivity index (χ0n) is 14.6. The summed E-state index contributed by atoms with van der Waals surface area (Å²) in [6.07, 6.45) is 3.58. The van der Waals surface area contributed by atoms with E-state index in [4.69, 9.17) is 4.99 Å². The number of nitrogens with zero attached hydrogens (tertiary/aromatic N) is 4. The summed E-state index contributed by atoms with van der Waals surface area (Å²) < 4.78 is 14.0. The first-order valence-electron chi connectivity index (χ1n) is 9.18. The van der Waals surface area contributed by atoms with Gasteiger partial charge < -0.3 is 9.80 Å². The van der Waals surface area contributed by atoms with Crippen LogP contribution in [0.4, 0.5) is 10.1 Å². The molecule has 26 heavy (non-hydrogen) atoms. The third-order valence-corrected chi connectivity index (χ3v) is 5.73. The molecule has 1 aromatic rings. The highest BCUT2D eigenvalue weighted by atomic mass is 19.1. The first-order chi connectivity index (χ1) is 12.6. The third kappa shape index (κ3) is 2.79. The van der Waals surface area contributed by atoms with Gasteiger partial charge in [0.2, 0.25) is 11.9 Å². The molecule has 1 atom stereocenters. The van der Waals surface area contributed by atoms with Crippen molar-refractivity contribution in [3.05, 3.63) is 30.1 Å². The first-order valence-corrected chi connectivity index (χ1v) is 9.18. The van der Waals surface area contributed by atoms with E-state index in [1.807, 2.05) is 15.9 Å². The van der Waals surface area contributed by atoms with Crippen molar-refractivity contribution >= 4 is 17.6 Å². The SMILES string of the molecule is N#C[C@@H]1C(=O)NC(N2CCN(c3ccccc3F)CC2)=NC12CCCC2. The molecule has 2 fully saturated rings. The topological polar surface area (TPSA) is 71.7 Å². The average molecular weight is 355 g/mol. The van der Waals surface area contributed by atoms with E-state index >= 15 is 0 Å². The lowest BCUT2D eigenvalue weighted by Crippen LogP contribution is -2.59. The van der Waals surface area contributed by atoms with Gasteiger partial charge in [0.05, 0.1) is 17.3 Å². The number of nitriles is 1. The second-order valence-electron chi connectivity index (χ2n) is 7.22. The van der Waals surface area contributed by atoms with Gasteiger partial charge in [0.25, 0.3) is 0 Å². The summed E-state index contributed by atoms with van der Waals surface area (Å²) in [6, 6.07) is 8.94. The number of carbonyl (C=O) groups excluding carboxylic acids is 1. The van der Waals surface area contributed by atoms with Crippen LogP contribution in [-0.2, 0) is 4.79 Å². The number of carbonyl (C=O) groups is 1. The Bertz CT molecular complexity index is 772. The minimum absolute atomic E-state index is 0.217. The molecule has 1 aliphatic carbocycles. The van der Waals surface area contributed by atoms with Crippen LogP contribution in [-0.4, -0.2) is 48.5 Å². The average Bonchev–Trinajstić information content (AvgIpc) is 3.10. The standard InChI is InChI=1S/C19H22FN5O/c20-15-5-1-2-6-16(15)24-9-11-25(12-10-24)18-22-17(26)14(13-21)19(23-18)7-3-4-8-19/h1-2,5-6,14H,3-4,7-12H2,(H,22,23,26)/t14-/m1/s1. The molecular formula is C19H22FN5O. The molecule has 2 aliphatic heterocycles. The third-order valence-electron chi connectivity index (χ3n) is 5.73.